The molecule has 258 valence electrons. The van der Waals surface area contributed by atoms with Crippen molar-refractivity contribution in [3.63, 3.8) is 0 Å². The second-order valence-corrected chi connectivity index (χ2v) is 12.1. The number of rotatable bonds is 4. The number of hydrogen-bond donors (Lipinski definition) is 0. The number of esters is 2. The van der Waals surface area contributed by atoms with Gasteiger partial charge >= 0.3 is 24.1 Å². The van der Waals surface area contributed by atoms with Crippen molar-refractivity contribution in [3.8, 4) is 17.9 Å². The number of nitrogens with zero attached hydrogens (tertiary/aromatic N) is 4. The maximum absolute atomic E-state index is 12.4. The Labute approximate surface area is 284 Å². The molecule has 0 aliphatic heterocycles. The first-order valence-electron chi connectivity index (χ1n) is 14.8. The Morgan fingerprint density at radius 2 is 1.24 bits per heavy atom. The van der Waals surface area contributed by atoms with E-state index >= 15 is 0 Å². The van der Waals surface area contributed by atoms with Crippen LogP contribution in [0.25, 0.3) is 27.9 Å². The zero-order valence-electron chi connectivity index (χ0n) is 29.0. The number of nitriles is 2. The van der Waals surface area contributed by atoms with E-state index in [1.54, 1.807) is 70.6 Å². The van der Waals surface area contributed by atoms with Crippen LogP contribution in [0.4, 0.5) is 9.59 Å². The molecule has 13 nitrogen and oxygen atoms in total. The van der Waals surface area contributed by atoms with Gasteiger partial charge in [-0.1, -0.05) is 30.3 Å². The molecule has 0 fully saturated rings. The average molecular weight is 673 g/mol. The van der Waals surface area contributed by atoms with Crippen LogP contribution in [0.2, 0.25) is 0 Å². The van der Waals surface area contributed by atoms with Gasteiger partial charge in [0.25, 0.3) is 0 Å². The van der Waals surface area contributed by atoms with Gasteiger partial charge in [-0.05, 0) is 65.8 Å². The average Bonchev–Trinajstić information content (AvgIpc) is 3.68. The van der Waals surface area contributed by atoms with Crippen LogP contribution in [0, 0.1) is 22.7 Å². The SMILES string of the molecule is COC(=O)/C(C#N)=C\c1cccc2ccn(C(=O)OC(C)(C)C)c12.COC(=O)CC#N.COc1cccc2ccn(C(=O)OC(C)(C)C)c12. The van der Waals surface area contributed by atoms with Gasteiger partial charge in [0.05, 0.1) is 32.9 Å². The fourth-order valence-corrected chi connectivity index (χ4v) is 4.13. The molecule has 0 aliphatic rings. The molecule has 0 saturated heterocycles. The van der Waals surface area contributed by atoms with Crippen molar-refractivity contribution in [2.75, 3.05) is 21.3 Å². The van der Waals surface area contributed by atoms with Crippen molar-refractivity contribution >= 4 is 52.0 Å². The molecule has 0 unspecified atom stereocenters. The number of ether oxygens (including phenoxy) is 5. The lowest BCUT2D eigenvalue weighted by Crippen LogP contribution is -2.26. The summed E-state index contributed by atoms with van der Waals surface area (Å²) >= 11 is 0. The second kappa shape index (κ2) is 17.2. The molecule has 4 aromatic rings. The molecule has 13 heteroatoms. The van der Waals surface area contributed by atoms with Crippen LogP contribution in [-0.4, -0.2) is 65.8 Å². The lowest BCUT2D eigenvalue weighted by atomic mass is 10.1. The number of methoxy groups -OCH3 is 3. The largest absolute Gasteiger partial charge is 0.495 e. The Bertz CT molecular complexity index is 1920. The number of carbonyl (C=O) groups excluding carboxylic acids is 4. The minimum Gasteiger partial charge on any atom is -0.495 e. The minimum atomic E-state index is -0.732. The third-order valence-electron chi connectivity index (χ3n) is 6.09. The predicted octanol–water partition coefficient (Wildman–Crippen LogP) is 7.01. The summed E-state index contributed by atoms with van der Waals surface area (Å²) in [6, 6.07) is 18.0. The van der Waals surface area contributed by atoms with Gasteiger partial charge in [-0.15, -0.1) is 0 Å². The van der Waals surface area contributed by atoms with E-state index in [1.807, 2.05) is 51.1 Å². The van der Waals surface area contributed by atoms with Gasteiger partial charge in [0.2, 0.25) is 0 Å². The first-order valence-corrected chi connectivity index (χ1v) is 14.8. The van der Waals surface area contributed by atoms with Gasteiger partial charge in [0.1, 0.15) is 40.5 Å². The van der Waals surface area contributed by atoms with Gasteiger partial charge < -0.3 is 23.7 Å². The van der Waals surface area contributed by atoms with E-state index in [2.05, 4.69) is 9.47 Å². The van der Waals surface area contributed by atoms with E-state index in [-0.39, 0.29) is 12.0 Å². The molecule has 2 heterocycles. The molecule has 0 spiro atoms. The summed E-state index contributed by atoms with van der Waals surface area (Å²) in [5.41, 5.74) is 0.530. The van der Waals surface area contributed by atoms with Crippen LogP contribution in [0.3, 0.4) is 0 Å². The van der Waals surface area contributed by atoms with Crippen molar-refractivity contribution in [2.45, 2.75) is 59.2 Å². The minimum absolute atomic E-state index is 0.151. The standard InChI is InChI=1S/C18H18N2O4.C14H17NO3.C4H5NO2/c1-18(2,3)24-17(22)20-9-8-12-6-5-7-13(15(12)20)10-14(11-19)16(21)23-4;1-14(2,3)18-13(16)15-9-8-10-6-5-7-11(17-4)12(10)15;1-7-4(6)2-3-5/h5-10H,1-4H3;5-9H,1-4H3;2H2,1H3/b14-10-;;. The fourth-order valence-electron chi connectivity index (χ4n) is 4.13. The molecule has 2 aromatic carbocycles. The van der Waals surface area contributed by atoms with E-state index < -0.39 is 35.3 Å². The first-order chi connectivity index (χ1) is 23.0. The molecule has 0 radical (unpaired) electrons. The molecule has 0 bridgehead atoms. The first kappa shape index (κ1) is 39.1. The summed E-state index contributed by atoms with van der Waals surface area (Å²) < 4.78 is 27.6. The number of para-hydroxylation sites is 2. The third-order valence-corrected chi connectivity index (χ3v) is 6.09. The number of fused-ring (bicyclic) bond motifs is 2. The molecule has 49 heavy (non-hydrogen) atoms. The zero-order chi connectivity index (χ0) is 36.9. The molecule has 0 atom stereocenters. The van der Waals surface area contributed by atoms with Crippen LogP contribution in [0.15, 0.2) is 66.5 Å². The second-order valence-electron chi connectivity index (χ2n) is 12.1. The Morgan fingerprint density at radius 3 is 1.67 bits per heavy atom. The van der Waals surface area contributed by atoms with Crippen LogP contribution < -0.4 is 4.74 Å². The van der Waals surface area contributed by atoms with Crippen LogP contribution in [0.1, 0.15) is 53.5 Å². The van der Waals surface area contributed by atoms with Gasteiger partial charge in [0.15, 0.2) is 0 Å². The molecule has 0 saturated carbocycles. The normalized spacial score (nSPS) is 11.0. The lowest BCUT2D eigenvalue weighted by molar-refractivity contribution is -0.139. The number of aromatic nitrogens is 2. The number of carbonyl (C=O) groups is 4. The van der Waals surface area contributed by atoms with Crippen molar-refractivity contribution < 1.29 is 42.9 Å². The molecule has 0 N–H and O–H groups in total. The fraction of sp³-hybridized carbons (Fsp3) is 0.333. The molecular formula is C36H40N4O9. The summed E-state index contributed by atoms with van der Waals surface area (Å²) in [4.78, 5) is 46.1. The summed E-state index contributed by atoms with van der Waals surface area (Å²) in [7, 11) is 4.04. The molecule has 0 amide bonds. The highest BCUT2D eigenvalue weighted by molar-refractivity contribution is 6.02. The van der Waals surface area contributed by atoms with Gasteiger partial charge in [0, 0.05) is 28.7 Å². The highest BCUT2D eigenvalue weighted by atomic mass is 16.6. The van der Waals surface area contributed by atoms with E-state index in [9.17, 15) is 19.2 Å². The molecule has 0 aliphatic carbocycles. The lowest BCUT2D eigenvalue weighted by Gasteiger charge is -2.20. The van der Waals surface area contributed by atoms with E-state index in [1.165, 1.54) is 29.4 Å². The maximum Gasteiger partial charge on any atom is 0.419 e. The predicted molar refractivity (Wildman–Crippen MR) is 182 cm³/mol. The molecule has 2 aromatic heterocycles. The summed E-state index contributed by atoms with van der Waals surface area (Å²) in [5.74, 6) is -0.560. The third kappa shape index (κ3) is 11.3. The van der Waals surface area contributed by atoms with E-state index in [4.69, 9.17) is 24.7 Å². The van der Waals surface area contributed by atoms with Gasteiger partial charge in [-0.2, -0.15) is 10.5 Å². The van der Waals surface area contributed by atoms with Crippen LogP contribution >= 0.6 is 0 Å². The van der Waals surface area contributed by atoms with Crippen LogP contribution in [-0.2, 0) is 28.5 Å². The monoisotopic (exact) mass is 672 g/mol. The Morgan fingerprint density at radius 1 is 0.735 bits per heavy atom. The van der Waals surface area contributed by atoms with Crippen molar-refractivity contribution in [1.29, 1.82) is 10.5 Å². The van der Waals surface area contributed by atoms with Gasteiger partial charge in [-0.3, -0.25) is 9.36 Å². The summed E-state index contributed by atoms with van der Waals surface area (Å²) in [5, 5.41) is 18.7. The van der Waals surface area contributed by atoms with E-state index in [0.717, 1.165) is 16.3 Å². The van der Waals surface area contributed by atoms with Crippen LogP contribution in [0.5, 0.6) is 5.75 Å². The summed E-state index contributed by atoms with van der Waals surface area (Å²) in [6.45, 7) is 10.9. The smallest absolute Gasteiger partial charge is 0.419 e. The Hall–Kier alpha value is -6.08. The Balaban J connectivity index is 0.000000293. The number of hydrogen-bond acceptors (Lipinski definition) is 11. The van der Waals surface area contributed by atoms with Crippen molar-refractivity contribution in [2.24, 2.45) is 0 Å². The van der Waals surface area contributed by atoms with Crippen molar-refractivity contribution in [1.82, 2.24) is 9.13 Å². The highest BCUT2D eigenvalue weighted by Gasteiger charge is 2.21. The molecule has 4 rings (SSSR count). The molecular weight excluding hydrogens is 632 g/mol. The van der Waals surface area contributed by atoms with Crippen molar-refractivity contribution in [3.05, 3.63) is 72.1 Å². The number of benzene rings is 2. The quantitative estimate of drug-likeness (QED) is 0.0944. The highest BCUT2D eigenvalue weighted by Crippen LogP contribution is 2.27. The van der Waals surface area contributed by atoms with E-state index in [0.29, 0.717) is 16.8 Å². The van der Waals surface area contributed by atoms with Gasteiger partial charge in [-0.25, -0.2) is 19.0 Å². The summed E-state index contributed by atoms with van der Waals surface area (Å²) in [6.07, 6.45) is 3.60. The Kier molecular flexibility index (Phi) is 13.7. The maximum atomic E-state index is 12.4. The zero-order valence-corrected chi connectivity index (χ0v) is 29.0. The topological polar surface area (TPSA) is 172 Å².